The maximum Gasteiger partial charge on any atom is 0.111 e. The molecule has 1 fully saturated rings. The van der Waals surface area contributed by atoms with Gasteiger partial charge in [-0.15, -0.1) is 11.6 Å². The van der Waals surface area contributed by atoms with Gasteiger partial charge in [0.15, 0.2) is 0 Å². The van der Waals surface area contributed by atoms with Crippen LogP contribution in [0.3, 0.4) is 0 Å². The maximum absolute atomic E-state index is 9.10. The van der Waals surface area contributed by atoms with Gasteiger partial charge in [-0.3, -0.25) is 0 Å². The molecule has 0 aliphatic heterocycles. The molecule has 2 aromatic rings. The van der Waals surface area contributed by atoms with E-state index in [1.807, 2.05) is 18.2 Å². The summed E-state index contributed by atoms with van der Waals surface area (Å²) in [6.07, 6.45) is 7.47. The number of rotatable bonds is 5. The lowest BCUT2D eigenvalue weighted by Crippen LogP contribution is -2.08. The molecule has 0 N–H and O–H groups in total. The average molecular weight is 302 g/mol. The minimum atomic E-state index is 0.581. The molecule has 0 bridgehead atoms. The molecule has 21 heavy (non-hydrogen) atoms. The predicted octanol–water partition coefficient (Wildman–Crippen LogP) is 4.27. The zero-order chi connectivity index (χ0) is 14.7. The number of nitriles is 1. The number of aryl methyl sites for hydroxylation is 2. The molecule has 3 nitrogen and oxygen atoms in total. The fourth-order valence-corrected chi connectivity index (χ4v) is 3.55. The molecule has 1 heterocycles. The van der Waals surface area contributed by atoms with Crippen LogP contribution in [0, 0.1) is 17.2 Å². The first-order chi connectivity index (χ1) is 10.3. The number of fused-ring (bicyclic) bond motifs is 1. The van der Waals surface area contributed by atoms with E-state index >= 15 is 0 Å². The molecule has 1 aromatic carbocycles. The van der Waals surface area contributed by atoms with Crippen molar-refractivity contribution in [3.63, 3.8) is 0 Å². The van der Waals surface area contributed by atoms with Crippen molar-refractivity contribution in [1.82, 2.24) is 9.55 Å². The normalized spacial score (nSPS) is 15.6. The summed E-state index contributed by atoms with van der Waals surface area (Å²) in [7, 11) is 0. The third-order valence-electron chi connectivity index (χ3n) is 4.51. The number of benzene rings is 1. The van der Waals surface area contributed by atoms with E-state index in [0.29, 0.717) is 11.4 Å². The first-order valence-electron chi connectivity index (χ1n) is 7.77. The van der Waals surface area contributed by atoms with Crippen LogP contribution in [0.2, 0.25) is 0 Å². The quantitative estimate of drug-likeness (QED) is 0.774. The monoisotopic (exact) mass is 301 g/mol. The van der Waals surface area contributed by atoms with E-state index in [9.17, 15) is 0 Å². The molecule has 1 aliphatic rings. The Bertz CT molecular complexity index is 662. The Balaban J connectivity index is 1.91. The van der Waals surface area contributed by atoms with Crippen LogP contribution in [0.5, 0.6) is 0 Å². The van der Waals surface area contributed by atoms with Crippen molar-refractivity contribution in [3.05, 3.63) is 29.6 Å². The minimum absolute atomic E-state index is 0.581. The second kappa shape index (κ2) is 6.49. The molecule has 0 amide bonds. The first-order valence-corrected chi connectivity index (χ1v) is 8.30. The van der Waals surface area contributed by atoms with Crippen molar-refractivity contribution in [2.45, 2.75) is 45.1 Å². The van der Waals surface area contributed by atoms with Crippen molar-refractivity contribution in [3.8, 4) is 6.07 Å². The molecule has 3 rings (SSSR count). The highest BCUT2D eigenvalue weighted by molar-refractivity contribution is 6.17. The van der Waals surface area contributed by atoms with Crippen LogP contribution < -0.4 is 0 Å². The Kier molecular flexibility index (Phi) is 4.45. The summed E-state index contributed by atoms with van der Waals surface area (Å²) in [5, 5.41) is 9.10. The molecule has 1 saturated carbocycles. The zero-order valence-electron chi connectivity index (χ0n) is 12.2. The molecule has 4 heteroatoms. The number of aromatic nitrogens is 2. The van der Waals surface area contributed by atoms with Gasteiger partial charge in [-0.1, -0.05) is 25.7 Å². The van der Waals surface area contributed by atoms with Crippen LogP contribution >= 0.6 is 11.6 Å². The largest absolute Gasteiger partial charge is 0.328 e. The number of hydrogen-bond acceptors (Lipinski definition) is 2. The van der Waals surface area contributed by atoms with E-state index in [1.165, 1.54) is 32.1 Å². The summed E-state index contributed by atoms with van der Waals surface area (Å²) >= 11 is 5.92. The number of halogens is 1. The highest BCUT2D eigenvalue weighted by atomic mass is 35.5. The van der Waals surface area contributed by atoms with Gasteiger partial charge >= 0.3 is 0 Å². The molecule has 0 unspecified atom stereocenters. The van der Waals surface area contributed by atoms with Crippen LogP contribution in [-0.4, -0.2) is 15.4 Å². The van der Waals surface area contributed by atoms with E-state index in [2.05, 4.69) is 10.6 Å². The van der Waals surface area contributed by atoms with Crippen LogP contribution in [0.4, 0.5) is 0 Å². The number of alkyl halides is 1. The van der Waals surface area contributed by atoms with Gasteiger partial charge in [0.2, 0.25) is 0 Å². The Labute approximate surface area is 130 Å². The zero-order valence-corrected chi connectivity index (χ0v) is 12.9. The Hall–Kier alpha value is -1.53. The topological polar surface area (TPSA) is 41.6 Å². The molecule has 0 radical (unpaired) electrons. The molecule has 1 aliphatic carbocycles. The molecule has 0 spiro atoms. The summed E-state index contributed by atoms with van der Waals surface area (Å²) in [5.41, 5.74) is 2.75. The molecular formula is C17H20ClN3. The Morgan fingerprint density at radius 3 is 2.86 bits per heavy atom. The van der Waals surface area contributed by atoms with Crippen molar-refractivity contribution in [1.29, 1.82) is 5.26 Å². The first kappa shape index (κ1) is 14.4. The second-order valence-corrected chi connectivity index (χ2v) is 6.25. The average Bonchev–Trinajstić information content (AvgIpc) is 3.12. The van der Waals surface area contributed by atoms with Gasteiger partial charge < -0.3 is 4.57 Å². The standard InChI is InChI=1S/C17H20ClN3/c18-9-7-17-20-15-6-5-14(12-19)11-16(15)21(17)10-8-13-3-1-2-4-13/h5-6,11,13H,1-4,7-10H2. The van der Waals surface area contributed by atoms with E-state index in [-0.39, 0.29) is 0 Å². The Morgan fingerprint density at radius 1 is 1.33 bits per heavy atom. The molecule has 0 saturated heterocycles. The molecular weight excluding hydrogens is 282 g/mol. The minimum Gasteiger partial charge on any atom is -0.328 e. The third-order valence-corrected chi connectivity index (χ3v) is 4.70. The number of hydrogen-bond donors (Lipinski definition) is 0. The molecule has 1 aromatic heterocycles. The highest BCUT2D eigenvalue weighted by Crippen LogP contribution is 2.29. The SMILES string of the molecule is N#Cc1ccc2nc(CCCl)n(CCC3CCCC3)c2c1. The van der Waals surface area contributed by atoms with E-state index < -0.39 is 0 Å². The second-order valence-electron chi connectivity index (χ2n) is 5.87. The van der Waals surface area contributed by atoms with Crippen LogP contribution in [-0.2, 0) is 13.0 Å². The summed E-state index contributed by atoms with van der Waals surface area (Å²) in [6.45, 7) is 0.988. The fraction of sp³-hybridized carbons (Fsp3) is 0.529. The van der Waals surface area contributed by atoms with Crippen LogP contribution in [0.25, 0.3) is 11.0 Å². The van der Waals surface area contributed by atoms with Crippen molar-refractivity contribution in [2.24, 2.45) is 5.92 Å². The summed E-state index contributed by atoms with van der Waals surface area (Å²) < 4.78 is 2.27. The maximum atomic E-state index is 9.10. The van der Waals surface area contributed by atoms with Gasteiger partial charge in [-0.2, -0.15) is 5.26 Å². The van der Waals surface area contributed by atoms with E-state index in [0.717, 1.165) is 35.7 Å². The lowest BCUT2D eigenvalue weighted by atomic mass is 10.0. The Morgan fingerprint density at radius 2 is 2.14 bits per heavy atom. The fourth-order valence-electron chi connectivity index (χ4n) is 3.38. The smallest absolute Gasteiger partial charge is 0.111 e. The number of imidazole rings is 1. The van der Waals surface area contributed by atoms with Crippen LogP contribution in [0.15, 0.2) is 18.2 Å². The summed E-state index contributed by atoms with van der Waals surface area (Å²) in [6, 6.07) is 7.95. The van der Waals surface area contributed by atoms with Gasteiger partial charge in [0.1, 0.15) is 5.82 Å². The van der Waals surface area contributed by atoms with Gasteiger partial charge in [0.05, 0.1) is 22.7 Å². The lowest BCUT2D eigenvalue weighted by Gasteiger charge is -2.12. The van der Waals surface area contributed by atoms with Crippen molar-refractivity contribution < 1.29 is 0 Å². The van der Waals surface area contributed by atoms with Gasteiger partial charge in [-0.05, 0) is 30.5 Å². The lowest BCUT2D eigenvalue weighted by molar-refractivity contribution is 0.457. The van der Waals surface area contributed by atoms with E-state index in [4.69, 9.17) is 21.8 Å². The predicted molar refractivity (Wildman–Crippen MR) is 85.4 cm³/mol. The van der Waals surface area contributed by atoms with Crippen LogP contribution in [0.1, 0.15) is 43.5 Å². The van der Waals surface area contributed by atoms with E-state index in [1.54, 1.807) is 0 Å². The van der Waals surface area contributed by atoms with Crippen molar-refractivity contribution >= 4 is 22.6 Å². The molecule has 110 valence electrons. The summed E-state index contributed by atoms with van der Waals surface area (Å²) in [4.78, 5) is 4.69. The van der Waals surface area contributed by atoms with Gasteiger partial charge in [0, 0.05) is 18.8 Å². The molecule has 0 atom stereocenters. The number of nitrogens with zero attached hydrogens (tertiary/aromatic N) is 3. The van der Waals surface area contributed by atoms with Crippen molar-refractivity contribution in [2.75, 3.05) is 5.88 Å². The highest BCUT2D eigenvalue weighted by Gasteiger charge is 2.17. The van der Waals surface area contributed by atoms with Gasteiger partial charge in [-0.25, -0.2) is 4.98 Å². The third kappa shape index (κ3) is 3.06. The summed E-state index contributed by atoms with van der Waals surface area (Å²) in [5.74, 6) is 2.48. The van der Waals surface area contributed by atoms with Gasteiger partial charge in [0.25, 0.3) is 0 Å².